The van der Waals surface area contributed by atoms with Crippen molar-refractivity contribution in [3.63, 3.8) is 0 Å². The van der Waals surface area contributed by atoms with Crippen LogP contribution in [0.5, 0.6) is 5.75 Å². The van der Waals surface area contributed by atoms with Crippen LogP contribution in [0, 0.1) is 5.92 Å². The molecule has 0 bridgehead atoms. The van der Waals surface area contributed by atoms with E-state index in [0.29, 0.717) is 19.7 Å². The zero-order chi connectivity index (χ0) is 14.8. The smallest absolute Gasteiger partial charge is 0.320 e. The summed E-state index contributed by atoms with van der Waals surface area (Å²) in [5, 5.41) is 0. The first kappa shape index (κ1) is 14.7. The number of ether oxygens (including phenoxy) is 1. The molecule has 0 spiro atoms. The summed E-state index contributed by atoms with van der Waals surface area (Å²) < 4.78 is 6.77. The minimum atomic E-state index is 0.151. The number of amides is 2. The predicted octanol–water partition coefficient (Wildman–Crippen LogP) is 3.50. The Bertz CT molecular complexity index is 527. The van der Waals surface area contributed by atoms with E-state index in [1.54, 1.807) is 0 Å². The molecule has 2 amide bonds. The Morgan fingerprint density at radius 1 is 1.24 bits per heavy atom. The summed E-state index contributed by atoms with van der Waals surface area (Å²) in [6.07, 6.45) is 2.22. The average molecular weight is 353 g/mol. The molecule has 0 N–H and O–H groups in total. The number of hydrogen-bond acceptors (Lipinski definition) is 2. The maximum absolute atomic E-state index is 12.7. The van der Waals surface area contributed by atoms with Gasteiger partial charge < -0.3 is 14.5 Å². The molecule has 3 rings (SSSR count). The van der Waals surface area contributed by atoms with Crippen LogP contribution in [0.4, 0.5) is 4.79 Å². The van der Waals surface area contributed by atoms with E-state index in [1.807, 2.05) is 28.0 Å². The van der Waals surface area contributed by atoms with Gasteiger partial charge in [0.25, 0.3) is 0 Å². The summed E-state index contributed by atoms with van der Waals surface area (Å²) in [4.78, 5) is 16.6. The number of urea groups is 1. The molecule has 1 aromatic carbocycles. The lowest BCUT2D eigenvalue weighted by atomic mass is 9.99. The van der Waals surface area contributed by atoms with E-state index in [2.05, 4.69) is 22.9 Å². The number of likely N-dealkylation sites (tertiary alicyclic amines) is 1. The van der Waals surface area contributed by atoms with Gasteiger partial charge in [-0.3, -0.25) is 0 Å². The van der Waals surface area contributed by atoms with Crippen LogP contribution in [0.2, 0.25) is 0 Å². The summed E-state index contributed by atoms with van der Waals surface area (Å²) in [6, 6.07) is 6.13. The molecule has 0 radical (unpaired) electrons. The van der Waals surface area contributed by atoms with Gasteiger partial charge in [-0.15, -0.1) is 0 Å². The van der Waals surface area contributed by atoms with Crippen LogP contribution in [0.3, 0.4) is 0 Å². The molecule has 21 heavy (non-hydrogen) atoms. The molecule has 1 aromatic rings. The second kappa shape index (κ2) is 6.26. The van der Waals surface area contributed by atoms with Gasteiger partial charge in [0.2, 0.25) is 0 Å². The minimum absolute atomic E-state index is 0.151. The highest BCUT2D eigenvalue weighted by atomic mass is 79.9. The minimum Gasteiger partial charge on any atom is -0.491 e. The van der Waals surface area contributed by atoms with E-state index in [-0.39, 0.29) is 6.03 Å². The van der Waals surface area contributed by atoms with Crippen LogP contribution in [-0.4, -0.2) is 42.1 Å². The third-order valence-electron chi connectivity index (χ3n) is 4.33. The van der Waals surface area contributed by atoms with E-state index >= 15 is 0 Å². The monoisotopic (exact) mass is 352 g/mol. The van der Waals surface area contributed by atoms with Gasteiger partial charge in [0.15, 0.2) is 0 Å². The van der Waals surface area contributed by atoms with Crippen molar-refractivity contribution in [2.75, 3.05) is 26.2 Å². The number of rotatable bonds is 0. The molecule has 5 heteroatoms. The highest BCUT2D eigenvalue weighted by Gasteiger charge is 2.26. The fourth-order valence-corrected chi connectivity index (χ4v) is 3.33. The van der Waals surface area contributed by atoms with Crippen LogP contribution in [0.25, 0.3) is 0 Å². The lowest BCUT2D eigenvalue weighted by Gasteiger charge is -2.34. The number of piperidine rings is 1. The average Bonchev–Trinajstić information content (AvgIpc) is 2.69. The Labute approximate surface area is 134 Å². The zero-order valence-corrected chi connectivity index (χ0v) is 13.9. The number of benzene rings is 1. The fraction of sp³-hybridized carbons (Fsp3) is 0.562. The Balaban J connectivity index is 1.72. The van der Waals surface area contributed by atoms with E-state index in [0.717, 1.165) is 47.6 Å². The van der Waals surface area contributed by atoms with Crippen LogP contribution >= 0.6 is 15.9 Å². The third-order valence-corrected chi connectivity index (χ3v) is 4.82. The molecular formula is C16H21BrN2O2. The summed E-state index contributed by atoms with van der Waals surface area (Å²) in [5.74, 6) is 1.62. The lowest BCUT2D eigenvalue weighted by Crippen LogP contribution is -2.46. The molecule has 0 atom stereocenters. The standard InChI is InChI=1S/C16H21BrN2O2/c1-12-4-6-18(7-5-12)16(20)19-8-9-21-15-3-2-14(17)10-13(15)11-19/h2-3,10,12H,4-9,11H2,1H3. The Morgan fingerprint density at radius 2 is 2.00 bits per heavy atom. The molecule has 0 saturated carbocycles. The maximum Gasteiger partial charge on any atom is 0.320 e. The summed E-state index contributed by atoms with van der Waals surface area (Å²) in [5.41, 5.74) is 1.07. The van der Waals surface area contributed by atoms with E-state index < -0.39 is 0 Å². The summed E-state index contributed by atoms with van der Waals surface area (Å²) in [6.45, 7) is 5.85. The zero-order valence-electron chi connectivity index (χ0n) is 12.3. The van der Waals surface area contributed by atoms with Crippen LogP contribution < -0.4 is 4.74 Å². The molecule has 2 heterocycles. The highest BCUT2D eigenvalue weighted by Crippen LogP contribution is 2.27. The first-order chi connectivity index (χ1) is 10.1. The Hall–Kier alpha value is -1.23. The highest BCUT2D eigenvalue weighted by molar-refractivity contribution is 9.10. The topological polar surface area (TPSA) is 32.8 Å². The van der Waals surface area contributed by atoms with Crippen LogP contribution in [-0.2, 0) is 6.54 Å². The van der Waals surface area contributed by atoms with E-state index in [4.69, 9.17) is 4.74 Å². The molecule has 2 aliphatic rings. The molecule has 1 fully saturated rings. The molecule has 0 unspecified atom stereocenters. The molecule has 2 aliphatic heterocycles. The van der Waals surface area contributed by atoms with Crippen molar-refractivity contribution in [2.45, 2.75) is 26.3 Å². The first-order valence-corrected chi connectivity index (χ1v) is 8.38. The predicted molar refractivity (Wildman–Crippen MR) is 85.4 cm³/mol. The van der Waals surface area contributed by atoms with Gasteiger partial charge in [0.1, 0.15) is 12.4 Å². The summed E-state index contributed by atoms with van der Waals surface area (Å²) in [7, 11) is 0. The molecular weight excluding hydrogens is 332 g/mol. The van der Waals surface area contributed by atoms with E-state index in [1.165, 1.54) is 0 Å². The third kappa shape index (κ3) is 3.34. The second-order valence-electron chi connectivity index (χ2n) is 5.97. The number of hydrogen-bond donors (Lipinski definition) is 0. The number of carbonyl (C=O) groups is 1. The Kier molecular flexibility index (Phi) is 4.38. The van der Waals surface area contributed by atoms with Crippen molar-refractivity contribution in [2.24, 2.45) is 5.92 Å². The quantitative estimate of drug-likeness (QED) is 0.715. The largest absolute Gasteiger partial charge is 0.491 e. The molecule has 114 valence electrons. The van der Waals surface area contributed by atoms with Crippen molar-refractivity contribution in [3.8, 4) is 5.75 Å². The molecule has 0 aromatic heterocycles. The SMILES string of the molecule is CC1CCN(C(=O)N2CCOc3ccc(Br)cc3C2)CC1. The molecule has 1 saturated heterocycles. The number of carbonyl (C=O) groups excluding carboxylic acids is 1. The van der Waals surface area contributed by atoms with Gasteiger partial charge in [0, 0.05) is 23.1 Å². The van der Waals surface area contributed by atoms with Crippen molar-refractivity contribution in [3.05, 3.63) is 28.2 Å². The second-order valence-corrected chi connectivity index (χ2v) is 6.89. The van der Waals surface area contributed by atoms with Crippen molar-refractivity contribution in [1.29, 1.82) is 0 Å². The van der Waals surface area contributed by atoms with Crippen molar-refractivity contribution >= 4 is 22.0 Å². The number of fused-ring (bicyclic) bond motifs is 1. The molecule has 0 aliphatic carbocycles. The van der Waals surface area contributed by atoms with E-state index in [9.17, 15) is 4.79 Å². The van der Waals surface area contributed by atoms with Crippen molar-refractivity contribution in [1.82, 2.24) is 9.80 Å². The fourth-order valence-electron chi connectivity index (χ4n) is 2.93. The Morgan fingerprint density at radius 3 is 2.76 bits per heavy atom. The summed E-state index contributed by atoms with van der Waals surface area (Å²) >= 11 is 3.49. The molecule has 4 nitrogen and oxygen atoms in total. The van der Waals surface area contributed by atoms with Gasteiger partial charge in [-0.2, -0.15) is 0 Å². The van der Waals surface area contributed by atoms with Crippen LogP contribution in [0.15, 0.2) is 22.7 Å². The van der Waals surface area contributed by atoms with Crippen molar-refractivity contribution < 1.29 is 9.53 Å². The first-order valence-electron chi connectivity index (χ1n) is 7.58. The normalized spacial score (nSPS) is 19.7. The van der Waals surface area contributed by atoms with Gasteiger partial charge in [-0.05, 0) is 37.0 Å². The number of nitrogens with zero attached hydrogens (tertiary/aromatic N) is 2. The van der Waals surface area contributed by atoms with Gasteiger partial charge in [-0.1, -0.05) is 22.9 Å². The van der Waals surface area contributed by atoms with Gasteiger partial charge in [0.05, 0.1) is 13.1 Å². The maximum atomic E-state index is 12.7. The number of halogens is 1. The van der Waals surface area contributed by atoms with Gasteiger partial charge >= 0.3 is 6.03 Å². The van der Waals surface area contributed by atoms with Crippen LogP contribution in [0.1, 0.15) is 25.3 Å². The lowest BCUT2D eigenvalue weighted by molar-refractivity contribution is 0.129. The van der Waals surface area contributed by atoms with Gasteiger partial charge in [-0.25, -0.2) is 4.79 Å².